The third kappa shape index (κ3) is 1.69. The Bertz CT molecular complexity index is 587. The molecule has 1 aromatic carbocycles. The van der Waals surface area contributed by atoms with E-state index in [4.69, 9.17) is 10.5 Å². The van der Waals surface area contributed by atoms with Crippen molar-refractivity contribution < 1.29 is 4.74 Å². The molecule has 0 amide bonds. The molecule has 1 atom stereocenters. The van der Waals surface area contributed by atoms with Crippen molar-refractivity contribution in [2.45, 2.75) is 25.9 Å². The van der Waals surface area contributed by atoms with Gasteiger partial charge in [0.15, 0.2) is 0 Å². The van der Waals surface area contributed by atoms with Gasteiger partial charge in [-0.2, -0.15) is 5.10 Å². The maximum Gasteiger partial charge on any atom is 0.119 e. The molecule has 1 aliphatic rings. The zero-order chi connectivity index (χ0) is 12.7. The van der Waals surface area contributed by atoms with Crippen molar-refractivity contribution in [3.8, 4) is 17.0 Å². The van der Waals surface area contributed by atoms with Crippen LogP contribution in [0.15, 0.2) is 24.4 Å². The number of aromatic nitrogens is 2. The minimum absolute atomic E-state index is 0.101. The lowest BCUT2D eigenvalue weighted by Crippen LogP contribution is -2.23. The summed E-state index contributed by atoms with van der Waals surface area (Å²) in [6, 6.07) is 6.32. The van der Waals surface area contributed by atoms with Gasteiger partial charge in [-0.15, -0.1) is 0 Å². The second kappa shape index (κ2) is 4.14. The molecule has 0 radical (unpaired) electrons. The number of nitrogens with two attached hydrogens (primary N) is 1. The van der Waals surface area contributed by atoms with Crippen LogP contribution in [0.25, 0.3) is 11.3 Å². The van der Waals surface area contributed by atoms with Crippen LogP contribution >= 0.6 is 0 Å². The van der Waals surface area contributed by atoms with Crippen LogP contribution in [0.1, 0.15) is 18.1 Å². The number of methoxy groups -OCH3 is 1. The van der Waals surface area contributed by atoms with Crippen LogP contribution in [0.3, 0.4) is 0 Å². The Morgan fingerprint density at radius 1 is 1.44 bits per heavy atom. The van der Waals surface area contributed by atoms with E-state index in [1.165, 1.54) is 22.4 Å². The van der Waals surface area contributed by atoms with Gasteiger partial charge in [-0.25, -0.2) is 0 Å². The Labute approximate surface area is 106 Å². The van der Waals surface area contributed by atoms with E-state index in [2.05, 4.69) is 17.2 Å². The summed E-state index contributed by atoms with van der Waals surface area (Å²) in [5.41, 5.74) is 10.9. The fourth-order valence-electron chi connectivity index (χ4n) is 2.54. The topological polar surface area (TPSA) is 53.1 Å². The smallest absolute Gasteiger partial charge is 0.119 e. The van der Waals surface area contributed by atoms with Crippen molar-refractivity contribution in [2.75, 3.05) is 7.11 Å². The Morgan fingerprint density at radius 3 is 3.00 bits per heavy atom. The number of nitrogens with zero attached hydrogens (tertiary/aromatic N) is 2. The molecule has 0 aliphatic heterocycles. The molecular formula is C14H17N3O. The first-order valence-electron chi connectivity index (χ1n) is 6.16. The van der Waals surface area contributed by atoms with Crippen LogP contribution in [0.5, 0.6) is 5.75 Å². The molecular weight excluding hydrogens is 226 g/mol. The third-order valence-corrected chi connectivity index (χ3v) is 3.33. The Balaban J connectivity index is 2.09. The van der Waals surface area contributed by atoms with Crippen molar-refractivity contribution in [1.82, 2.24) is 9.78 Å². The average Bonchev–Trinajstić information content (AvgIpc) is 2.88. The van der Waals surface area contributed by atoms with Crippen molar-refractivity contribution in [3.63, 3.8) is 0 Å². The summed E-state index contributed by atoms with van der Waals surface area (Å²) < 4.78 is 7.30. The molecule has 1 aromatic heterocycles. The number of hydrogen-bond donors (Lipinski definition) is 1. The highest BCUT2D eigenvalue weighted by molar-refractivity contribution is 5.75. The molecule has 1 aliphatic carbocycles. The predicted octanol–water partition coefficient (Wildman–Crippen LogP) is 1.81. The molecule has 0 saturated carbocycles. The third-order valence-electron chi connectivity index (χ3n) is 3.33. The predicted molar refractivity (Wildman–Crippen MR) is 70.7 cm³/mol. The highest BCUT2D eigenvalue weighted by Crippen LogP contribution is 2.38. The van der Waals surface area contributed by atoms with Gasteiger partial charge in [0.1, 0.15) is 5.75 Å². The molecule has 0 unspecified atom stereocenters. The van der Waals surface area contributed by atoms with Gasteiger partial charge >= 0.3 is 0 Å². The molecule has 3 rings (SSSR count). The Morgan fingerprint density at radius 2 is 2.28 bits per heavy atom. The summed E-state index contributed by atoms with van der Waals surface area (Å²) in [6.45, 7) is 2.74. The highest BCUT2D eigenvalue weighted by Gasteiger charge is 2.24. The van der Waals surface area contributed by atoms with E-state index in [1.54, 1.807) is 7.11 Å². The van der Waals surface area contributed by atoms with E-state index < -0.39 is 0 Å². The van der Waals surface area contributed by atoms with Crippen LogP contribution in [-0.2, 0) is 13.0 Å². The molecule has 4 heteroatoms. The molecule has 0 bridgehead atoms. The summed E-state index contributed by atoms with van der Waals surface area (Å²) in [6.07, 6.45) is 2.90. The summed E-state index contributed by atoms with van der Waals surface area (Å²) in [7, 11) is 1.69. The van der Waals surface area contributed by atoms with Gasteiger partial charge in [0.05, 0.1) is 25.5 Å². The van der Waals surface area contributed by atoms with Gasteiger partial charge in [0, 0.05) is 23.6 Å². The van der Waals surface area contributed by atoms with Crippen LogP contribution in [0.2, 0.25) is 0 Å². The van der Waals surface area contributed by atoms with Gasteiger partial charge in [0.2, 0.25) is 0 Å². The molecule has 1 heterocycles. The second-order valence-corrected chi connectivity index (χ2v) is 4.88. The summed E-state index contributed by atoms with van der Waals surface area (Å²) in [4.78, 5) is 0. The van der Waals surface area contributed by atoms with E-state index in [0.717, 1.165) is 18.7 Å². The lowest BCUT2D eigenvalue weighted by molar-refractivity contribution is 0.415. The molecule has 94 valence electrons. The van der Waals surface area contributed by atoms with Gasteiger partial charge in [0.25, 0.3) is 0 Å². The minimum atomic E-state index is 0.101. The summed E-state index contributed by atoms with van der Waals surface area (Å²) >= 11 is 0. The maximum atomic E-state index is 5.87. The first-order valence-corrected chi connectivity index (χ1v) is 6.16. The van der Waals surface area contributed by atoms with E-state index in [-0.39, 0.29) is 6.04 Å². The zero-order valence-electron chi connectivity index (χ0n) is 10.7. The molecule has 0 spiro atoms. The normalized spacial score (nSPS) is 14.2. The van der Waals surface area contributed by atoms with Crippen LogP contribution < -0.4 is 10.5 Å². The van der Waals surface area contributed by atoms with E-state index in [0.29, 0.717) is 0 Å². The lowest BCUT2D eigenvalue weighted by atomic mass is 10.1. The SMILES string of the molecule is COc1ccc2c(c1)-c1c(cnn1C[C@H](C)N)C2. The second-order valence-electron chi connectivity index (χ2n) is 4.88. The monoisotopic (exact) mass is 243 g/mol. The quantitative estimate of drug-likeness (QED) is 0.763. The van der Waals surface area contributed by atoms with Crippen molar-refractivity contribution >= 4 is 0 Å². The van der Waals surface area contributed by atoms with Crippen LogP contribution in [0, 0.1) is 0 Å². The zero-order valence-corrected chi connectivity index (χ0v) is 10.7. The van der Waals surface area contributed by atoms with Crippen molar-refractivity contribution in [2.24, 2.45) is 5.73 Å². The van der Waals surface area contributed by atoms with E-state index in [9.17, 15) is 0 Å². The molecule has 2 N–H and O–H groups in total. The lowest BCUT2D eigenvalue weighted by Gasteiger charge is -2.10. The maximum absolute atomic E-state index is 5.87. The van der Waals surface area contributed by atoms with Gasteiger partial charge in [-0.3, -0.25) is 4.68 Å². The largest absolute Gasteiger partial charge is 0.497 e. The fourth-order valence-corrected chi connectivity index (χ4v) is 2.54. The number of ether oxygens (including phenoxy) is 1. The van der Waals surface area contributed by atoms with Gasteiger partial charge in [-0.1, -0.05) is 6.07 Å². The van der Waals surface area contributed by atoms with Gasteiger partial charge < -0.3 is 10.5 Å². The van der Waals surface area contributed by atoms with E-state index >= 15 is 0 Å². The summed E-state index contributed by atoms with van der Waals surface area (Å²) in [5.74, 6) is 0.884. The van der Waals surface area contributed by atoms with E-state index in [1.807, 2.05) is 23.9 Å². The standard InChI is InChI=1S/C14H17N3O/c1-9(15)8-17-14-11(7-16-17)5-10-3-4-12(18-2)6-13(10)14/h3-4,6-7,9H,5,8,15H2,1-2H3/t9-/m0/s1. The van der Waals surface area contributed by atoms with Crippen molar-refractivity contribution in [1.29, 1.82) is 0 Å². The Hall–Kier alpha value is -1.81. The summed E-state index contributed by atoms with van der Waals surface area (Å²) in [5, 5.41) is 4.43. The Kier molecular flexibility index (Phi) is 2.59. The molecule has 0 fully saturated rings. The van der Waals surface area contributed by atoms with Crippen LogP contribution in [-0.4, -0.2) is 22.9 Å². The first-order chi connectivity index (χ1) is 8.69. The number of fused-ring (bicyclic) bond motifs is 3. The number of rotatable bonds is 3. The molecule has 4 nitrogen and oxygen atoms in total. The number of hydrogen-bond acceptors (Lipinski definition) is 3. The average molecular weight is 243 g/mol. The van der Waals surface area contributed by atoms with Crippen molar-refractivity contribution in [3.05, 3.63) is 35.5 Å². The first kappa shape index (κ1) is 11.3. The molecule has 0 saturated heterocycles. The highest BCUT2D eigenvalue weighted by atomic mass is 16.5. The fraction of sp³-hybridized carbons (Fsp3) is 0.357. The minimum Gasteiger partial charge on any atom is -0.497 e. The van der Waals surface area contributed by atoms with Crippen LogP contribution in [0.4, 0.5) is 0 Å². The number of benzene rings is 1. The molecule has 2 aromatic rings. The molecule has 18 heavy (non-hydrogen) atoms. The van der Waals surface area contributed by atoms with Gasteiger partial charge in [-0.05, 0) is 24.6 Å².